The van der Waals surface area contributed by atoms with E-state index in [1.807, 2.05) is 0 Å². The van der Waals surface area contributed by atoms with Crippen LogP contribution < -0.4 is 4.31 Å². The van der Waals surface area contributed by atoms with Crippen LogP contribution >= 0.6 is 0 Å². The lowest BCUT2D eigenvalue weighted by Gasteiger charge is -2.24. The van der Waals surface area contributed by atoms with Gasteiger partial charge in [-0.05, 0) is 56.2 Å². The Morgan fingerprint density at radius 2 is 1.36 bits per heavy atom. The minimum absolute atomic E-state index is 0.01000. The Hall–Kier alpha value is -2.04. The first-order valence-corrected chi connectivity index (χ1v) is 11.5. The van der Waals surface area contributed by atoms with E-state index in [9.17, 15) is 25.6 Å². The van der Waals surface area contributed by atoms with Crippen molar-refractivity contribution >= 4 is 25.7 Å². The third-order valence-electron chi connectivity index (χ3n) is 4.55. The molecule has 0 aliphatic carbocycles. The van der Waals surface area contributed by atoms with E-state index in [1.54, 1.807) is 6.92 Å². The van der Waals surface area contributed by atoms with Gasteiger partial charge in [0.05, 0.1) is 15.5 Å². The molecule has 2 aromatic carbocycles. The summed E-state index contributed by atoms with van der Waals surface area (Å²) in [6, 6.07) is 10.0. The second kappa shape index (κ2) is 7.76. The Morgan fingerprint density at radius 1 is 0.857 bits per heavy atom. The van der Waals surface area contributed by atoms with Gasteiger partial charge in [-0.1, -0.05) is 17.7 Å². The Kier molecular flexibility index (Phi) is 5.74. The van der Waals surface area contributed by atoms with Gasteiger partial charge in [0.1, 0.15) is 0 Å². The molecule has 28 heavy (non-hydrogen) atoms. The largest absolute Gasteiger partial charge is 0.328 e. The minimum atomic E-state index is -4.51. The normalized spacial score (nSPS) is 15.9. The highest BCUT2D eigenvalue weighted by Gasteiger charge is 2.33. The summed E-state index contributed by atoms with van der Waals surface area (Å²) >= 11 is 0. The molecule has 0 spiro atoms. The number of halogens is 2. The molecule has 1 aliphatic rings. The fourth-order valence-corrected chi connectivity index (χ4v) is 5.86. The zero-order valence-corrected chi connectivity index (χ0v) is 16.8. The van der Waals surface area contributed by atoms with Gasteiger partial charge >= 0.3 is 6.55 Å². The fourth-order valence-electron chi connectivity index (χ4n) is 3.02. The zero-order chi connectivity index (χ0) is 20.5. The summed E-state index contributed by atoms with van der Waals surface area (Å²) < 4.78 is 79.1. The van der Waals surface area contributed by atoms with Crippen molar-refractivity contribution in [3.05, 3.63) is 54.1 Å². The summed E-state index contributed by atoms with van der Waals surface area (Å²) in [5.41, 5.74) is 0.481. The van der Waals surface area contributed by atoms with Crippen LogP contribution in [0.25, 0.3) is 0 Å². The highest BCUT2D eigenvalue weighted by molar-refractivity contribution is 7.92. The van der Waals surface area contributed by atoms with Crippen LogP contribution in [0, 0.1) is 6.92 Å². The summed E-state index contributed by atoms with van der Waals surface area (Å²) in [5.74, 6) is 0. The van der Waals surface area contributed by atoms with Crippen LogP contribution in [0.1, 0.15) is 18.4 Å². The molecule has 0 aromatic heterocycles. The molecule has 1 fully saturated rings. The average molecular weight is 430 g/mol. The predicted molar refractivity (Wildman–Crippen MR) is 101 cm³/mol. The van der Waals surface area contributed by atoms with Crippen molar-refractivity contribution in [3.63, 3.8) is 0 Å². The summed E-state index contributed by atoms with van der Waals surface area (Å²) in [7, 11) is -8.23. The van der Waals surface area contributed by atoms with Crippen LogP contribution in [0.4, 0.5) is 14.5 Å². The first-order chi connectivity index (χ1) is 13.1. The molecule has 3 rings (SSSR count). The Labute approximate surface area is 163 Å². The number of benzene rings is 2. The maximum Gasteiger partial charge on any atom is 0.328 e. The molecule has 0 N–H and O–H groups in total. The van der Waals surface area contributed by atoms with Crippen molar-refractivity contribution in [2.24, 2.45) is 0 Å². The monoisotopic (exact) mass is 430 g/mol. The number of anilines is 1. The summed E-state index contributed by atoms with van der Waals surface area (Å²) in [6.07, 6.45) is 1.54. The highest BCUT2D eigenvalue weighted by Crippen LogP contribution is 2.29. The first-order valence-electron chi connectivity index (χ1n) is 8.63. The van der Waals surface area contributed by atoms with Gasteiger partial charge in [0, 0.05) is 13.1 Å². The van der Waals surface area contributed by atoms with Gasteiger partial charge in [-0.3, -0.25) is 0 Å². The third kappa shape index (κ3) is 3.89. The number of hydrogen-bond donors (Lipinski definition) is 0. The maximum atomic E-state index is 13.6. The lowest BCUT2D eigenvalue weighted by atomic mass is 10.2. The van der Waals surface area contributed by atoms with E-state index in [0.717, 1.165) is 42.7 Å². The second-order valence-corrected chi connectivity index (χ2v) is 10.2. The highest BCUT2D eigenvalue weighted by atomic mass is 32.2. The number of sulfonamides is 2. The summed E-state index contributed by atoms with van der Waals surface area (Å²) in [4.78, 5) is -0.327. The Bertz CT molecular complexity index is 1030. The lowest BCUT2D eigenvalue weighted by molar-refractivity contribution is 0.162. The average Bonchev–Trinajstić information content (AvgIpc) is 3.17. The number of aryl methyl sites for hydroxylation is 1. The van der Waals surface area contributed by atoms with Crippen molar-refractivity contribution in [3.8, 4) is 0 Å². The molecule has 0 unspecified atom stereocenters. The Balaban J connectivity index is 1.96. The molecule has 10 heteroatoms. The van der Waals surface area contributed by atoms with Crippen molar-refractivity contribution in [1.29, 1.82) is 0 Å². The number of nitrogens with zero attached hydrogens (tertiary/aromatic N) is 2. The molecular weight excluding hydrogens is 410 g/mol. The molecule has 0 saturated carbocycles. The number of rotatable bonds is 6. The molecule has 0 radical (unpaired) electrons. The number of hydrogen-bond acceptors (Lipinski definition) is 4. The van der Waals surface area contributed by atoms with E-state index < -0.39 is 26.6 Å². The van der Waals surface area contributed by atoms with Gasteiger partial charge in [0.15, 0.2) is 0 Å². The van der Waals surface area contributed by atoms with Crippen molar-refractivity contribution in [2.45, 2.75) is 36.1 Å². The van der Waals surface area contributed by atoms with Crippen LogP contribution in [0.15, 0.2) is 58.3 Å². The molecule has 0 atom stereocenters. The van der Waals surface area contributed by atoms with Gasteiger partial charge < -0.3 is 0 Å². The van der Waals surface area contributed by atoms with Gasteiger partial charge in [-0.2, -0.15) is 13.1 Å². The van der Waals surface area contributed by atoms with Crippen LogP contribution in [-0.4, -0.2) is 40.8 Å². The van der Waals surface area contributed by atoms with Crippen LogP contribution in [0.5, 0.6) is 0 Å². The van der Waals surface area contributed by atoms with E-state index in [-0.39, 0.29) is 19.8 Å². The van der Waals surface area contributed by atoms with Crippen molar-refractivity contribution < 1.29 is 25.6 Å². The SMILES string of the molecule is Cc1ccc(S(=O)(=O)N(c2ccc(S(=O)(=O)N3CCCC3)cc2)C(F)F)cc1. The van der Waals surface area contributed by atoms with Gasteiger partial charge in [-0.25, -0.2) is 21.1 Å². The molecule has 6 nitrogen and oxygen atoms in total. The van der Waals surface area contributed by atoms with E-state index in [1.165, 1.54) is 28.6 Å². The quantitative estimate of drug-likeness (QED) is 0.660. The molecule has 1 aliphatic heterocycles. The van der Waals surface area contributed by atoms with Crippen LogP contribution in [0.3, 0.4) is 0 Å². The molecule has 1 heterocycles. The standard InChI is InChI=1S/C18H20F2N2O4S2/c1-14-4-8-17(9-5-14)28(25,26)22(18(19)20)15-6-10-16(11-7-15)27(23,24)21-12-2-3-13-21/h4-11,18H,2-3,12-13H2,1H3. The predicted octanol–water partition coefficient (Wildman–Crippen LogP) is 3.20. The Morgan fingerprint density at radius 3 is 1.86 bits per heavy atom. The number of alkyl halides is 2. The van der Waals surface area contributed by atoms with Crippen molar-refractivity contribution in [1.82, 2.24) is 4.31 Å². The zero-order valence-electron chi connectivity index (χ0n) is 15.1. The maximum absolute atomic E-state index is 13.6. The van der Waals surface area contributed by atoms with E-state index >= 15 is 0 Å². The molecule has 0 bridgehead atoms. The molecule has 0 amide bonds. The molecule has 1 saturated heterocycles. The molecule has 152 valence electrons. The molecule has 2 aromatic rings. The van der Waals surface area contributed by atoms with E-state index in [2.05, 4.69) is 0 Å². The lowest BCUT2D eigenvalue weighted by Crippen LogP contribution is -2.35. The first kappa shape index (κ1) is 20.7. The van der Waals surface area contributed by atoms with Gasteiger partial charge in [-0.15, -0.1) is 0 Å². The van der Waals surface area contributed by atoms with E-state index in [0.29, 0.717) is 13.1 Å². The van der Waals surface area contributed by atoms with Crippen LogP contribution in [-0.2, 0) is 20.0 Å². The second-order valence-electron chi connectivity index (χ2n) is 6.50. The third-order valence-corrected chi connectivity index (χ3v) is 8.22. The summed E-state index contributed by atoms with van der Waals surface area (Å²) in [6.45, 7) is -0.752. The van der Waals surface area contributed by atoms with E-state index in [4.69, 9.17) is 0 Å². The molecular formula is C18H20F2N2O4S2. The fraction of sp³-hybridized carbons (Fsp3) is 0.333. The van der Waals surface area contributed by atoms with Crippen LogP contribution in [0.2, 0.25) is 0 Å². The van der Waals surface area contributed by atoms with Gasteiger partial charge in [0.25, 0.3) is 10.0 Å². The minimum Gasteiger partial charge on any atom is -0.207 e. The van der Waals surface area contributed by atoms with Crippen molar-refractivity contribution in [2.75, 3.05) is 17.4 Å². The topological polar surface area (TPSA) is 74.8 Å². The summed E-state index contributed by atoms with van der Waals surface area (Å²) in [5, 5.41) is 0. The smallest absolute Gasteiger partial charge is 0.207 e. The van der Waals surface area contributed by atoms with Gasteiger partial charge in [0.2, 0.25) is 10.0 Å².